The van der Waals surface area contributed by atoms with Crippen molar-refractivity contribution < 1.29 is 9.90 Å². The van der Waals surface area contributed by atoms with E-state index in [9.17, 15) is 4.79 Å². The lowest BCUT2D eigenvalue weighted by Gasteiger charge is -2.01. The largest absolute Gasteiger partial charge is 0.465 e. The van der Waals surface area contributed by atoms with Crippen LogP contribution in [-0.2, 0) is 0 Å². The molecule has 5 nitrogen and oxygen atoms in total. The first kappa shape index (κ1) is 9.79. The maximum atomic E-state index is 10.1. The van der Waals surface area contributed by atoms with Gasteiger partial charge in [-0.2, -0.15) is 0 Å². The number of thiazole rings is 1. The number of anilines is 1. The molecule has 1 heterocycles. The summed E-state index contributed by atoms with van der Waals surface area (Å²) in [5.41, 5.74) is 0.971. The van der Waals surface area contributed by atoms with Crippen molar-refractivity contribution in [2.45, 2.75) is 6.92 Å². The molecule has 72 valence electrons. The summed E-state index contributed by atoms with van der Waals surface area (Å²) < 4.78 is 0. The average molecular weight is 201 g/mol. The van der Waals surface area contributed by atoms with Gasteiger partial charge in [0.25, 0.3) is 0 Å². The van der Waals surface area contributed by atoms with Crippen LogP contribution in [0.4, 0.5) is 9.93 Å². The molecular formula is C7H11N3O2S. The highest BCUT2D eigenvalue weighted by molar-refractivity contribution is 7.13. The van der Waals surface area contributed by atoms with E-state index in [0.717, 1.165) is 10.8 Å². The third kappa shape index (κ3) is 3.75. The van der Waals surface area contributed by atoms with Crippen molar-refractivity contribution in [1.82, 2.24) is 10.3 Å². The van der Waals surface area contributed by atoms with Gasteiger partial charge in [0.05, 0.1) is 5.69 Å². The van der Waals surface area contributed by atoms with Gasteiger partial charge in [-0.1, -0.05) is 0 Å². The lowest BCUT2D eigenvalue weighted by molar-refractivity contribution is 0.195. The van der Waals surface area contributed by atoms with Crippen molar-refractivity contribution in [3.8, 4) is 0 Å². The number of hydrogen-bond acceptors (Lipinski definition) is 4. The van der Waals surface area contributed by atoms with Gasteiger partial charge in [0.2, 0.25) is 0 Å². The van der Waals surface area contributed by atoms with E-state index in [-0.39, 0.29) is 0 Å². The Morgan fingerprint density at radius 1 is 1.69 bits per heavy atom. The summed E-state index contributed by atoms with van der Waals surface area (Å²) in [6.45, 7) is 2.85. The number of amides is 1. The molecule has 0 unspecified atom stereocenters. The Balaban J connectivity index is 2.16. The van der Waals surface area contributed by atoms with Gasteiger partial charge in [-0.05, 0) is 6.92 Å². The van der Waals surface area contributed by atoms with Crippen LogP contribution in [0.15, 0.2) is 5.38 Å². The van der Waals surface area contributed by atoms with Crippen LogP contribution in [0.5, 0.6) is 0 Å². The van der Waals surface area contributed by atoms with E-state index in [4.69, 9.17) is 5.11 Å². The van der Waals surface area contributed by atoms with Gasteiger partial charge in [-0.15, -0.1) is 11.3 Å². The number of nitrogens with one attached hydrogen (secondary N) is 2. The van der Waals surface area contributed by atoms with E-state index in [1.54, 1.807) is 0 Å². The maximum absolute atomic E-state index is 10.1. The van der Waals surface area contributed by atoms with Gasteiger partial charge in [0.1, 0.15) is 0 Å². The molecule has 1 aromatic heterocycles. The van der Waals surface area contributed by atoms with E-state index >= 15 is 0 Å². The maximum Gasteiger partial charge on any atom is 0.404 e. The predicted octanol–water partition coefficient (Wildman–Crippen LogP) is 1.13. The molecule has 0 atom stereocenters. The summed E-state index contributed by atoms with van der Waals surface area (Å²) in [6.07, 6.45) is -1.00. The molecule has 0 radical (unpaired) electrons. The zero-order valence-corrected chi connectivity index (χ0v) is 8.02. The highest BCUT2D eigenvalue weighted by Gasteiger charge is 1.97. The standard InChI is InChI=1S/C7H11N3O2S/c1-5-4-13-6(10-5)8-2-3-9-7(11)12/h4,9H,2-3H2,1H3,(H,8,10)(H,11,12). The Morgan fingerprint density at radius 3 is 3.00 bits per heavy atom. The topological polar surface area (TPSA) is 74.2 Å². The van der Waals surface area contributed by atoms with Gasteiger partial charge in [0.15, 0.2) is 5.13 Å². The fourth-order valence-electron chi connectivity index (χ4n) is 0.774. The van der Waals surface area contributed by atoms with Gasteiger partial charge in [0, 0.05) is 18.5 Å². The van der Waals surface area contributed by atoms with Gasteiger partial charge in [-0.25, -0.2) is 9.78 Å². The number of carbonyl (C=O) groups is 1. The zero-order chi connectivity index (χ0) is 9.68. The van der Waals surface area contributed by atoms with E-state index in [0.29, 0.717) is 13.1 Å². The molecular weight excluding hydrogens is 190 g/mol. The number of aromatic nitrogens is 1. The lowest BCUT2D eigenvalue weighted by Crippen LogP contribution is -2.26. The van der Waals surface area contributed by atoms with Crippen LogP contribution in [0.25, 0.3) is 0 Å². The second-order valence-electron chi connectivity index (χ2n) is 2.45. The Bertz CT molecular complexity index is 287. The number of nitrogens with zero attached hydrogens (tertiary/aromatic N) is 1. The fourth-order valence-corrected chi connectivity index (χ4v) is 1.49. The van der Waals surface area contributed by atoms with Crippen molar-refractivity contribution in [2.75, 3.05) is 18.4 Å². The average Bonchev–Trinajstić information content (AvgIpc) is 2.45. The first-order valence-corrected chi connectivity index (χ1v) is 4.69. The van der Waals surface area contributed by atoms with Crippen molar-refractivity contribution in [1.29, 1.82) is 0 Å². The molecule has 0 fully saturated rings. The second-order valence-corrected chi connectivity index (χ2v) is 3.31. The minimum atomic E-state index is -1.00. The van der Waals surface area contributed by atoms with Crippen molar-refractivity contribution in [2.24, 2.45) is 0 Å². The summed E-state index contributed by atoms with van der Waals surface area (Å²) >= 11 is 1.51. The monoisotopic (exact) mass is 201 g/mol. The first-order valence-electron chi connectivity index (χ1n) is 3.81. The Hall–Kier alpha value is -1.30. The van der Waals surface area contributed by atoms with Crippen LogP contribution >= 0.6 is 11.3 Å². The summed E-state index contributed by atoms with van der Waals surface area (Å²) in [5, 5.41) is 16.3. The van der Waals surface area contributed by atoms with Crippen LogP contribution in [-0.4, -0.2) is 29.3 Å². The highest BCUT2D eigenvalue weighted by Crippen LogP contribution is 2.13. The van der Waals surface area contributed by atoms with Gasteiger partial charge in [-0.3, -0.25) is 0 Å². The molecule has 0 saturated heterocycles. The molecule has 0 aromatic carbocycles. The number of rotatable bonds is 4. The lowest BCUT2D eigenvalue weighted by atomic mass is 10.6. The molecule has 3 N–H and O–H groups in total. The van der Waals surface area contributed by atoms with Crippen molar-refractivity contribution in [3.05, 3.63) is 11.1 Å². The number of hydrogen-bond donors (Lipinski definition) is 3. The molecule has 1 rings (SSSR count). The normalized spacial score (nSPS) is 9.62. The van der Waals surface area contributed by atoms with Crippen LogP contribution in [0.3, 0.4) is 0 Å². The Labute approximate surface area is 79.8 Å². The van der Waals surface area contributed by atoms with Crippen LogP contribution < -0.4 is 10.6 Å². The van der Waals surface area contributed by atoms with E-state index in [1.807, 2.05) is 12.3 Å². The Kier molecular flexibility index (Phi) is 3.51. The molecule has 0 saturated carbocycles. The minimum Gasteiger partial charge on any atom is -0.465 e. The molecule has 0 aliphatic heterocycles. The fraction of sp³-hybridized carbons (Fsp3) is 0.429. The molecule has 13 heavy (non-hydrogen) atoms. The molecule has 1 aromatic rings. The van der Waals surface area contributed by atoms with Gasteiger partial charge < -0.3 is 15.7 Å². The first-order chi connectivity index (χ1) is 6.18. The smallest absolute Gasteiger partial charge is 0.404 e. The zero-order valence-electron chi connectivity index (χ0n) is 7.20. The minimum absolute atomic E-state index is 0.383. The van der Waals surface area contributed by atoms with Crippen LogP contribution in [0, 0.1) is 6.92 Å². The number of carboxylic acid groups (broad SMARTS) is 1. The summed E-state index contributed by atoms with van der Waals surface area (Å²) in [7, 11) is 0. The number of aryl methyl sites for hydroxylation is 1. The van der Waals surface area contributed by atoms with Gasteiger partial charge >= 0.3 is 6.09 Å². The van der Waals surface area contributed by atoms with E-state index in [2.05, 4.69) is 15.6 Å². The SMILES string of the molecule is Cc1csc(NCCNC(=O)O)n1. The quantitative estimate of drug-likeness (QED) is 0.638. The Morgan fingerprint density at radius 2 is 2.46 bits per heavy atom. The summed E-state index contributed by atoms with van der Waals surface area (Å²) in [4.78, 5) is 14.2. The van der Waals surface area contributed by atoms with E-state index in [1.165, 1.54) is 11.3 Å². The third-order valence-corrected chi connectivity index (χ3v) is 2.21. The third-order valence-electron chi connectivity index (χ3n) is 1.30. The van der Waals surface area contributed by atoms with Crippen molar-refractivity contribution in [3.63, 3.8) is 0 Å². The molecule has 0 aliphatic carbocycles. The van der Waals surface area contributed by atoms with Crippen LogP contribution in [0.1, 0.15) is 5.69 Å². The second kappa shape index (κ2) is 4.66. The van der Waals surface area contributed by atoms with Crippen LogP contribution in [0.2, 0.25) is 0 Å². The molecule has 0 spiro atoms. The summed E-state index contributed by atoms with van der Waals surface area (Å²) in [5.74, 6) is 0. The molecule has 0 bridgehead atoms. The highest BCUT2D eigenvalue weighted by atomic mass is 32.1. The molecule has 0 aliphatic rings. The van der Waals surface area contributed by atoms with E-state index < -0.39 is 6.09 Å². The molecule has 6 heteroatoms. The molecule has 1 amide bonds. The van der Waals surface area contributed by atoms with Crippen molar-refractivity contribution >= 4 is 22.6 Å². The predicted molar refractivity (Wildman–Crippen MR) is 51.4 cm³/mol. The summed E-state index contributed by atoms with van der Waals surface area (Å²) in [6, 6.07) is 0.